The van der Waals surface area contributed by atoms with E-state index in [4.69, 9.17) is 11.6 Å². The molecule has 1 unspecified atom stereocenters. The maximum atomic E-state index is 12.9. The molecular formula is C26H34ClN5O2. The molecule has 1 saturated heterocycles. The lowest BCUT2D eigenvalue weighted by molar-refractivity contribution is 0.0810. The van der Waals surface area contributed by atoms with Crippen LogP contribution in [0, 0.1) is 19.8 Å². The number of hydrogen-bond acceptors (Lipinski definition) is 4. The summed E-state index contributed by atoms with van der Waals surface area (Å²) in [6.45, 7) is 9.89. The zero-order valence-corrected chi connectivity index (χ0v) is 21.2. The fraction of sp³-hybridized carbons (Fsp3) is 0.500. The quantitative estimate of drug-likeness (QED) is 0.653. The van der Waals surface area contributed by atoms with Crippen LogP contribution in [0.1, 0.15) is 46.9 Å². The lowest BCUT2D eigenvalue weighted by atomic mass is 10.0. The third-order valence-corrected chi connectivity index (χ3v) is 7.03. The molecule has 7 nitrogen and oxygen atoms in total. The van der Waals surface area contributed by atoms with Gasteiger partial charge in [0.2, 0.25) is 0 Å². The highest BCUT2D eigenvalue weighted by Crippen LogP contribution is 2.30. The Hall–Kier alpha value is -2.64. The molecule has 182 valence electrons. The standard InChI is InChI=1S/C26H34ClN5O2/c1-17-5-8-21(13-28-17)25(33)29-24-12-23(27)11-22(19(24)3)16-31-9-10-32(18(2)14-31)26(34)30(4)15-20-6-7-20/h5,8,11-13,18,20H,6-7,9-10,14-16H2,1-4H3,(H,29,33). The molecule has 4 rings (SSSR count). The van der Waals surface area contributed by atoms with Gasteiger partial charge in [0.25, 0.3) is 5.91 Å². The van der Waals surface area contributed by atoms with Gasteiger partial charge >= 0.3 is 6.03 Å². The van der Waals surface area contributed by atoms with Gasteiger partial charge in [0.15, 0.2) is 0 Å². The van der Waals surface area contributed by atoms with Crippen LogP contribution < -0.4 is 5.32 Å². The van der Waals surface area contributed by atoms with Crippen LogP contribution in [0.25, 0.3) is 0 Å². The Balaban J connectivity index is 1.40. The molecule has 1 N–H and O–H groups in total. The number of piperazine rings is 1. The monoisotopic (exact) mass is 483 g/mol. The van der Waals surface area contributed by atoms with Gasteiger partial charge in [-0.1, -0.05) is 11.6 Å². The van der Waals surface area contributed by atoms with Gasteiger partial charge in [0.1, 0.15) is 0 Å². The molecule has 1 aromatic heterocycles. The molecule has 3 amide bonds. The number of carbonyl (C=O) groups is 2. The fourth-order valence-corrected chi connectivity index (χ4v) is 4.75. The van der Waals surface area contributed by atoms with Crippen molar-refractivity contribution in [2.45, 2.75) is 46.2 Å². The summed E-state index contributed by atoms with van der Waals surface area (Å²) in [7, 11) is 1.91. The maximum Gasteiger partial charge on any atom is 0.320 e. The summed E-state index contributed by atoms with van der Waals surface area (Å²) in [5.74, 6) is 0.480. The van der Waals surface area contributed by atoms with Crippen molar-refractivity contribution in [1.82, 2.24) is 19.7 Å². The summed E-state index contributed by atoms with van der Waals surface area (Å²) in [5.41, 5.74) is 4.14. The Bertz CT molecular complexity index is 1050. The Kier molecular flexibility index (Phi) is 7.43. The smallest absolute Gasteiger partial charge is 0.320 e. The Morgan fingerprint density at radius 2 is 1.97 bits per heavy atom. The van der Waals surface area contributed by atoms with Gasteiger partial charge in [-0.15, -0.1) is 0 Å². The van der Waals surface area contributed by atoms with Crippen LogP contribution in [-0.4, -0.2) is 70.9 Å². The van der Waals surface area contributed by atoms with Crippen LogP contribution >= 0.6 is 11.6 Å². The molecule has 2 heterocycles. The van der Waals surface area contributed by atoms with Crippen molar-refractivity contribution in [2.24, 2.45) is 5.92 Å². The summed E-state index contributed by atoms with van der Waals surface area (Å²) in [6, 6.07) is 7.60. The second-order valence-corrected chi connectivity index (χ2v) is 10.2. The molecule has 2 aromatic rings. The highest BCUT2D eigenvalue weighted by atomic mass is 35.5. The SMILES string of the molecule is Cc1ccc(C(=O)Nc2cc(Cl)cc(CN3CCN(C(=O)N(C)CC4CC4)C(C)C3)c2C)cn1. The zero-order chi connectivity index (χ0) is 24.4. The minimum Gasteiger partial charge on any atom is -0.327 e. The highest BCUT2D eigenvalue weighted by Gasteiger charge is 2.32. The number of amides is 3. The van der Waals surface area contributed by atoms with E-state index >= 15 is 0 Å². The lowest BCUT2D eigenvalue weighted by Gasteiger charge is -2.41. The summed E-state index contributed by atoms with van der Waals surface area (Å²) >= 11 is 6.42. The average Bonchev–Trinajstić information content (AvgIpc) is 3.61. The fourth-order valence-electron chi connectivity index (χ4n) is 4.51. The first-order chi connectivity index (χ1) is 16.2. The van der Waals surface area contributed by atoms with Crippen molar-refractivity contribution < 1.29 is 9.59 Å². The molecule has 2 aliphatic rings. The summed E-state index contributed by atoms with van der Waals surface area (Å²) in [4.78, 5) is 36.0. The third kappa shape index (κ3) is 5.88. The highest BCUT2D eigenvalue weighted by molar-refractivity contribution is 6.31. The van der Waals surface area contributed by atoms with Gasteiger partial charge in [-0.2, -0.15) is 0 Å². The molecule has 1 saturated carbocycles. The number of pyridine rings is 1. The Morgan fingerprint density at radius 3 is 2.62 bits per heavy atom. The van der Waals surface area contributed by atoms with Crippen LogP contribution in [0.2, 0.25) is 5.02 Å². The van der Waals surface area contributed by atoms with Crippen molar-refractivity contribution in [2.75, 3.05) is 38.5 Å². The number of anilines is 1. The Labute approximate surface area is 207 Å². The van der Waals surface area contributed by atoms with E-state index in [2.05, 4.69) is 22.1 Å². The number of nitrogens with zero attached hydrogens (tertiary/aromatic N) is 4. The topological polar surface area (TPSA) is 68.8 Å². The zero-order valence-electron chi connectivity index (χ0n) is 20.5. The number of aryl methyl sites for hydroxylation is 1. The second-order valence-electron chi connectivity index (χ2n) is 9.76. The molecule has 1 aromatic carbocycles. The van der Waals surface area contributed by atoms with Crippen molar-refractivity contribution in [3.8, 4) is 0 Å². The first-order valence-electron chi connectivity index (χ1n) is 12.0. The van der Waals surface area contributed by atoms with Gasteiger partial charge in [0, 0.05) is 68.4 Å². The van der Waals surface area contributed by atoms with E-state index in [1.54, 1.807) is 18.3 Å². The summed E-state index contributed by atoms with van der Waals surface area (Å²) in [5, 5.41) is 3.57. The number of hydrogen-bond donors (Lipinski definition) is 1. The number of nitrogens with one attached hydrogen (secondary N) is 1. The third-order valence-electron chi connectivity index (χ3n) is 6.81. The molecule has 1 aliphatic heterocycles. The van der Waals surface area contributed by atoms with Crippen LogP contribution in [0.15, 0.2) is 30.5 Å². The maximum absolute atomic E-state index is 12.9. The van der Waals surface area contributed by atoms with Gasteiger partial charge in [0.05, 0.1) is 5.56 Å². The first kappa shape index (κ1) is 24.5. The summed E-state index contributed by atoms with van der Waals surface area (Å²) in [6.07, 6.45) is 4.06. The van der Waals surface area contributed by atoms with Crippen molar-refractivity contribution >= 4 is 29.2 Å². The van der Waals surface area contributed by atoms with Crippen molar-refractivity contribution in [1.29, 1.82) is 0 Å². The number of benzene rings is 1. The van der Waals surface area contributed by atoms with E-state index in [1.165, 1.54) is 12.8 Å². The normalized spacial score (nSPS) is 18.6. The van der Waals surface area contributed by atoms with Crippen LogP contribution in [-0.2, 0) is 6.54 Å². The predicted octanol–water partition coefficient (Wildman–Crippen LogP) is 4.57. The summed E-state index contributed by atoms with van der Waals surface area (Å²) < 4.78 is 0. The van der Waals surface area contributed by atoms with E-state index < -0.39 is 0 Å². The number of halogens is 1. The largest absolute Gasteiger partial charge is 0.327 e. The van der Waals surface area contributed by atoms with E-state index in [9.17, 15) is 9.59 Å². The average molecular weight is 484 g/mol. The van der Waals surface area contributed by atoms with Crippen LogP contribution in [0.4, 0.5) is 10.5 Å². The molecule has 34 heavy (non-hydrogen) atoms. The molecule has 0 spiro atoms. The van der Waals surface area contributed by atoms with E-state index in [-0.39, 0.29) is 18.0 Å². The van der Waals surface area contributed by atoms with Gasteiger partial charge in [-0.25, -0.2) is 4.79 Å². The number of rotatable bonds is 6. The van der Waals surface area contributed by atoms with Crippen LogP contribution in [0.5, 0.6) is 0 Å². The molecular weight excluding hydrogens is 450 g/mol. The molecule has 0 bridgehead atoms. The molecule has 1 atom stereocenters. The first-order valence-corrected chi connectivity index (χ1v) is 12.4. The molecule has 0 radical (unpaired) electrons. The number of carbonyl (C=O) groups excluding carboxylic acids is 2. The lowest BCUT2D eigenvalue weighted by Crippen LogP contribution is -2.56. The van der Waals surface area contributed by atoms with E-state index in [0.29, 0.717) is 35.3 Å². The van der Waals surface area contributed by atoms with Gasteiger partial charge < -0.3 is 15.1 Å². The van der Waals surface area contributed by atoms with Gasteiger partial charge in [-0.05, 0) is 74.9 Å². The van der Waals surface area contributed by atoms with Crippen molar-refractivity contribution in [3.05, 3.63) is 57.9 Å². The number of urea groups is 1. The molecule has 2 fully saturated rings. The predicted molar refractivity (Wildman–Crippen MR) is 135 cm³/mol. The molecule has 8 heteroatoms. The minimum absolute atomic E-state index is 0.133. The van der Waals surface area contributed by atoms with Gasteiger partial charge in [-0.3, -0.25) is 14.7 Å². The van der Waals surface area contributed by atoms with E-state index in [0.717, 1.165) is 36.5 Å². The number of aromatic nitrogens is 1. The minimum atomic E-state index is -0.208. The van der Waals surface area contributed by atoms with E-state index in [1.807, 2.05) is 42.8 Å². The Morgan fingerprint density at radius 1 is 1.21 bits per heavy atom. The van der Waals surface area contributed by atoms with Crippen molar-refractivity contribution in [3.63, 3.8) is 0 Å². The van der Waals surface area contributed by atoms with Crippen LogP contribution in [0.3, 0.4) is 0 Å². The molecule has 1 aliphatic carbocycles. The second kappa shape index (κ2) is 10.3.